The van der Waals surface area contributed by atoms with Crippen LogP contribution in [0.1, 0.15) is 5.56 Å². The van der Waals surface area contributed by atoms with Crippen molar-refractivity contribution in [1.29, 1.82) is 0 Å². The van der Waals surface area contributed by atoms with E-state index in [-0.39, 0.29) is 29.8 Å². The molecule has 3 aromatic rings. The number of amides is 2. The monoisotopic (exact) mass is 436 g/mol. The molecular weight excluding hydrogens is 423 g/mol. The largest absolute Gasteiger partial charge is 0.325 e. The van der Waals surface area contributed by atoms with Crippen LogP contribution in [0.25, 0.3) is 0 Å². The lowest BCUT2D eigenvalue weighted by atomic mass is 10.1. The van der Waals surface area contributed by atoms with E-state index in [1.807, 2.05) is 0 Å². The molecule has 2 amide bonds. The summed E-state index contributed by atoms with van der Waals surface area (Å²) in [5.74, 6) is -0.667. The van der Waals surface area contributed by atoms with Crippen molar-refractivity contribution < 1.29 is 14.0 Å². The number of nitrogens with zero attached hydrogens (tertiary/aromatic N) is 2. The quantitative estimate of drug-likeness (QED) is 0.427. The molecule has 1 heterocycles. The molecule has 0 fully saturated rings. The van der Waals surface area contributed by atoms with E-state index in [0.717, 1.165) is 0 Å². The highest BCUT2D eigenvalue weighted by molar-refractivity contribution is 8.01. The van der Waals surface area contributed by atoms with Crippen LogP contribution in [-0.4, -0.2) is 27.8 Å². The molecule has 0 radical (unpaired) electrons. The maximum Gasteiger partial charge on any atom is 0.234 e. The summed E-state index contributed by atoms with van der Waals surface area (Å²) in [5.41, 5.74) is 1.35. The fourth-order valence-electron chi connectivity index (χ4n) is 2.13. The van der Waals surface area contributed by atoms with Gasteiger partial charge in [0.2, 0.25) is 16.9 Å². The summed E-state index contributed by atoms with van der Waals surface area (Å²) >= 11 is 8.20. The molecule has 0 unspecified atom stereocenters. The lowest BCUT2D eigenvalue weighted by molar-refractivity contribution is -0.115. The molecule has 6 nitrogen and oxygen atoms in total. The minimum atomic E-state index is -0.352. The summed E-state index contributed by atoms with van der Waals surface area (Å²) in [4.78, 5) is 24.0. The molecule has 0 aliphatic rings. The molecule has 28 heavy (non-hydrogen) atoms. The lowest BCUT2D eigenvalue weighted by Crippen LogP contribution is -2.14. The van der Waals surface area contributed by atoms with Gasteiger partial charge >= 0.3 is 0 Å². The van der Waals surface area contributed by atoms with Crippen molar-refractivity contribution in [3.05, 3.63) is 64.9 Å². The van der Waals surface area contributed by atoms with Gasteiger partial charge in [-0.2, -0.15) is 0 Å². The molecule has 1 aromatic heterocycles. The Labute approximate surface area is 173 Å². The molecule has 0 saturated heterocycles. The second kappa shape index (κ2) is 9.63. The third-order valence-electron chi connectivity index (χ3n) is 3.39. The Balaban J connectivity index is 1.45. The van der Waals surface area contributed by atoms with Crippen molar-refractivity contribution in [2.24, 2.45) is 0 Å². The van der Waals surface area contributed by atoms with Gasteiger partial charge in [0.05, 0.1) is 12.2 Å². The summed E-state index contributed by atoms with van der Waals surface area (Å²) in [5, 5.41) is 14.2. The predicted molar refractivity (Wildman–Crippen MR) is 109 cm³/mol. The van der Waals surface area contributed by atoms with E-state index in [4.69, 9.17) is 11.6 Å². The Bertz CT molecular complexity index is 964. The average molecular weight is 437 g/mol. The summed E-state index contributed by atoms with van der Waals surface area (Å²) in [6, 6.07) is 12.5. The molecule has 0 aliphatic carbocycles. The van der Waals surface area contributed by atoms with Crippen LogP contribution in [-0.2, 0) is 16.0 Å². The van der Waals surface area contributed by atoms with E-state index >= 15 is 0 Å². The molecule has 2 aromatic carbocycles. The van der Waals surface area contributed by atoms with Crippen LogP contribution in [0.4, 0.5) is 15.2 Å². The average Bonchev–Trinajstić information content (AvgIpc) is 3.11. The van der Waals surface area contributed by atoms with Gasteiger partial charge < -0.3 is 10.6 Å². The van der Waals surface area contributed by atoms with Gasteiger partial charge in [-0.3, -0.25) is 9.59 Å². The van der Waals surface area contributed by atoms with Gasteiger partial charge in [0.1, 0.15) is 5.82 Å². The summed E-state index contributed by atoms with van der Waals surface area (Å²) in [6.07, 6.45) is 0.103. The first kappa shape index (κ1) is 20.2. The van der Waals surface area contributed by atoms with Gasteiger partial charge in [-0.25, -0.2) is 4.39 Å². The molecular formula is C18H14ClFN4O2S2. The first-order valence-electron chi connectivity index (χ1n) is 8.04. The normalized spacial score (nSPS) is 10.5. The van der Waals surface area contributed by atoms with E-state index in [1.54, 1.807) is 36.4 Å². The topological polar surface area (TPSA) is 84.0 Å². The van der Waals surface area contributed by atoms with Crippen LogP contribution in [0, 0.1) is 5.82 Å². The van der Waals surface area contributed by atoms with Crippen molar-refractivity contribution in [3.8, 4) is 0 Å². The number of aromatic nitrogens is 2. The number of hydrogen-bond donors (Lipinski definition) is 2. The second-order valence-corrected chi connectivity index (χ2v) is 8.20. The molecule has 10 heteroatoms. The zero-order valence-electron chi connectivity index (χ0n) is 14.3. The van der Waals surface area contributed by atoms with Crippen molar-refractivity contribution in [1.82, 2.24) is 10.2 Å². The van der Waals surface area contributed by atoms with E-state index in [2.05, 4.69) is 20.8 Å². The molecule has 0 saturated carbocycles. The highest BCUT2D eigenvalue weighted by Crippen LogP contribution is 2.25. The summed E-state index contributed by atoms with van der Waals surface area (Å²) in [7, 11) is 0. The molecule has 0 aliphatic heterocycles. The van der Waals surface area contributed by atoms with Crippen molar-refractivity contribution >= 4 is 57.3 Å². The van der Waals surface area contributed by atoms with Crippen LogP contribution in [0.3, 0.4) is 0 Å². The highest BCUT2D eigenvalue weighted by atomic mass is 35.5. The Hall–Kier alpha value is -2.49. The fourth-order valence-corrected chi connectivity index (χ4v) is 3.82. The molecule has 0 spiro atoms. The minimum absolute atomic E-state index is 0.103. The number of rotatable bonds is 7. The number of halogens is 2. The van der Waals surface area contributed by atoms with E-state index < -0.39 is 0 Å². The Morgan fingerprint density at radius 3 is 2.43 bits per heavy atom. The van der Waals surface area contributed by atoms with Gasteiger partial charge in [-0.1, -0.05) is 46.8 Å². The fraction of sp³-hybridized carbons (Fsp3) is 0.111. The smallest absolute Gasteiger partial charge is 0.234 e. The van der Waals surface area contributed by atoms with E-state index in [0.29, 0.717) is 25.7 Å². The molecule has 144 valence electrons. The second-order valence-electron chi connectivity index (χ2n) is 5.57. The van der Waals surface area contributed by atoms with Crippen LogP contribution in [0.2, 0.25) is 5.02 Å². The van der Waals surface area contributed by atoms with Crippen LogP contribution in [0.5, 0.6) is 0 Å². The SMILES string of the molecule is O=C(CSc1nnc(NC(=O)Cc2ccc(F)cc2)s1)Nc1ccc(Cl)cc1. The number of hydrogen-bond acceptors (Lipinski definition) is 6. The number of carbonyl (C=O) groups excluding carboxylic acids is 2. The third kappa shape index (κ3) is 6.29. The number of thioether (sulfide) groups is 1. The van der Waals surface area contributed by atoms with Gasteiger partial charge in [0, 0.05) is 10.7 Å². The number of anilines is 2. The summed E-state index contributed by atoms with van der Waals surface area (Å²) in [6.45, 7) is 0. The number of carbonyl (C=O) groups is 2. The van der Waals surface area contributed by atoms with Crippen LogP contribution >= 0.6 is 34.7 Å². The maximum absolute atomic E-state index is 12.9. The third-order valence-corrected chi connectivity index (χ3v) is 5.61. The first-order chi connectivity index (χ1) is 13.5. The zero-order valence-corrected chi connectivity index (χ0v) is 16.7. The molecule has 0 atom stereocenters. The minimum Gasteiger partial charge on any atom is -0.325 e. The van der Waals surface area contributed by atoms with Gasteiger partial charge in [0.15, 0.2) is 4.34 Å². The summed E-state index contributed by atoms with van der Waals surface area (Å²) < 4.78 is 13.4. The van der Waals surface area contributed by atoms with E-state index in [9.17, 15) is 14.0 Å². The lowest BCUT2D eigenvalue weighted by Gasteiger charge is -2.03. The predicted octanol–water partition coefficient (Wildman–Crippen LogP) is 4.24. The van der Waals surface area contributed by atoms with Gasteiger partial charge in [0.25, 0.3) is 0 Å². The maximum atomic E-state index is 12.9. The molecule has 2 N–H and O–H groups in total. The van der Waals surface area contributed by atoms with Gasteiger partial charge in [-0.15, -0.1) is 10.2 Å². The molecule has 3 rings (SSSR count). The molecule has 0 bridgehead atoms. The number of benzene rings is 2. The highest BCUT2D eigenvalue weighted by Gasteiger charge is 2.11. The van der Waals surface area contributed by atoms with Crippen molar-refractivity contribution in [3.63, 3.8) is 0 Å². The van der Waals surface area contributed by atoms with Gasteiger partial charge in [-0.05, 0) is 42.0 Å². The first-order valence-corrected chi connectivity index (χ1v) is 10.2. The standard InChI is InChI=1S/C18H14ClFN4O2S2/c19-12-3-7-14(8-4-12)21-16(26)10-27-18-24-23-17(28-18)22-15(25)9-11-1-5-13(20)6-2-11/h1-8H,9-10H2,(H,21,26)(H,22,23,25). The Kier molecular flexibility index (Phi) is 6.96. The Morgan fingerprint density at radius 1 is 1.00 bits per heavy atom. The van der Waals surface area contributed by atoms with Crippen LogP contribution < -0.4 is 10.6 Å². The van der Waals surface area contributed by atoms with E-state index in [1.165, 1.54) is 35.2 Å². The van der Waals surface area contributed by atoms with Crippen molar-refractivity contribution in [2.45, 2.75) is 10.8 Å². The Morgan fingerprint density at radius 2 is 1.71 bits per heavy atom. The zero-order chi connectivity index (χ0) is 19.9. The van der Waals surface area contributed by atoms with Crippen molar-refractivity contribution in [2.75, 3.05) is 16.4 Å². The number of nitrogens with one attached hydrogen (secondary N) is 2. The van der Waals surface area contributed by atoms with Crippen LogP contribution in [0.15, 0.2) is 52.9 Å².